The topological polar surface area (TPSA) is 55.4 Å². The third-order valence-electron chi connectivity index (χ3n) is 2.88. The van der Waals surface area contributed by atoms with Crippen LogP contribution in [-0.2, 0) is 14.3 Å². The highest BCUT2D eigenvalue weighted by molar-refractivity contribution is 8.77. The van der Waals surface area contributed by atoms with Crippen LogP contribution in [0.15, 0.2) is 0 Å². The monoisotopic (exact) mass is 305 g/mol. The van der Waals surface area contributed by atoms with E-state index < -0.39 is 0 Å². The lowest BCUT2D eigenvalue weighted by Gasteiger charge is -2.08. The lowest BCUT2D eigenvalue weighted by Crippen LogP contribution is -2.27. The molecule has 110 valence electrons. The molecule has 6 heteroatoms. The normalized spacial score (nSPS) is 18.3. The first kappa shape index (κ1) is 16.7. The van der Waals surface area contributed by atoms with Crippen molar-refractivity contribution < 1.29 is 14.3 Å². The van der Waals surface area contributed by atoms with Gasteiger partial charge in [0, 0.05) is 23.8 Å². The molecule has 0 radical (unpaired) electrons. The molecule has 1 N–H and O–H groups in total. The third-order valence-corrected chi connectivity index (χ3v) is 5.89. The number of unbranched alkanes of at least 4 members (excludes halogenated alkanes) is 1. The summed E-state index contributed by atoms with van der Waals surface area (Å²) >= 11 is 0. The molecule has 0 saturated carbocycles. The summed E-state index contributed by atoms with van der Waals surface area (Å²) in [6.45, 7) is 2.44. The van der Waals surface area contributed by atoms with Crippen molar-refractivity contribution in [2.75, 3.05) is 18.9 Å². The summed E-state index contributed by atoms with van der Waals surface area (Å²) in [5.41, 5.74) is 0. The molecule has 0 bridgehead atoms. The Balaban J connectivity index is 1.88. The van der Waals surface area contributed by atoms with Gasteiger partial charge < -0.3 is 10.1 Å². The highest BCUT2D eigenvalue weighted by Crippen LogP contribution is 2.39. The molecule has 1 aliphatic heterocycles. The van der Waals surface area contributed by atoms with Gasteiger partial charge in [-0.3, -0.25) is 9.59 Å². The SMILES string of the molecule is CCC(=O)OCCNC(=O)CCCCC1CCSS1. The first-order valence-electron chi connectivity index (χ1n) is 6.93. The van der Waals surface area contributed by atoms with Gasteiger partial charge in [-0.1, -0.05) is 34.9 Å². The van der Waals surface area contributed by atoms with Gasteiger partial charge in [0.2, 0.25) is 5.91 Å². The predicted molar refractivity (Wildman–Crippen MR) is 81.2 cm³/mol. The molecule has 1 atom stereocenters. The fourth-order valence-electron chi connectivity index (χ4n) is 1.77. The van der Waals surface area contributed by atoms with E-state index >= 15 is 0 Å². The number of carbonyl (C=O) groups excluding carboxylic acids is 2. The highest BCUT2D eigenvalue weighted by Gasteiger charge is 2.15. The second kappa shape index (κ2) is 10.4. The molecule has 4 nitrogen and oxygen atoms in total. The largest absolute Gasteiger partial charge is 0.464 e. The minimum atomic E-state index is -0.221. The van der Waals surface area contributed by atoms with Crippen molar-refractivity contribution in [1.82, 2.24) is 5.32 Å². The molecule has 0 aliphatic carbocycles. The molecule has 19 heavy (non-hydrogen) atoms. The van der Waals surface area contributed by atoms with Gasteiger partial charge in [0.1, 0.15) is 6.61 Å². The summed E-state index contributed by atoms with van der Waals surface area (Å²) in [5, 5.41) is 3.56. The van der Waals surface area contributed by atoms with E-state index in [4.69, 9.17) is 4.74 Å². The summed E-state index contributed by atoms with van der Waals surface area (Å²) in [6, 6.07) is 0. The van der Waals surface area contributed by atoms with E-state index in [0.717, 1.165) is 18.1 Å². The Morgan fingerprint density at radius 1 is 1.37 bits per heavy atom. The number of hydrogen-bond donors (Lipinski definition) is 1. The van der Waals surface area contributed by atoms with Crippen LogP contribution in [0.4, 0.5) is 0 Å². The van der Waals surface area contributed by atoms with Crippen LogP contribution < -0.4 is 5.32 Å². The van der Waals surface area contributed by atoms with Crippen LogP contribution in [0.1, 0.15) is 45.4 Å². The van der Waals surface area contributed by atoms with Crippen LogP contribution in [0, 0.1) is 0 Å². The molecule has 1 fully saturated rings. The lowest BCUT2D eigenvalue weighted by molar-refractivity contribution is -0.143. The van der Waals surface area contributed by atoms with Crippen molar-refractivity contribution in [2.45, 2.75) is 50.7 Å². The van der Waals surface area contributed by atoms with E-state index in [1.54, 1.807) is 6.92 Å². The average Bonchev–Trinajstić information content (AvgIpc) is 2.92. The smallest absolute Gasteiger partial charge is 0.305 e. The van der Waals surface area contributed by atoms with Crippen molar-refractivity contribution >= 4 is 33.5 Å². The van der Waals surface area contributed by atoms with E-state index in [9.17, 15) is 9.59 Å². The van der Waals surface area contributed by atoms with Crippen molar-refractivity contribution in [3.63, 3.8) is 0 Å². The third kappa shape index (κ3) is 8.42. The van der Waals surface area contributed by atoms with E-state index in [1.807, 2.05) is 21.6 Å². The maximum absolute atomic E-state index is 11.5. The molecule has 0 aromatic heterocycles. The average molecular weight is 305 g/mol. The first-order valence-corrected chi connectivity index (χ1v) is 9.31. The van der Waals surface area contributed by atoms with Crippen LogP contribution in [-0.4, -0.2) is 36.0 Å². The van der Waals surface area contributed by atoms with Crippen LogP contribution in [0.3, 0.4) is 0 Å². The Kier molecular flexibility index (Phi) is 9.16. The second-order valence-corrected chi connectivity index (χ2v) is 7.29. The number of nitrogens with one attached hydrogen (secondary N) is 1. The van der Waals surface area contributed by atoms with Gasteiger partial charge in [0.15, 0.2) is 0 Å². The number of carbonyl (C=O) groups is 2. The lowest BCUT2D eigenvalue weighted by atomic mass is 10.1. The van der Waals surface area contributed by atoms with Crippen LogP contribution in [0.5, 0.6) is 0 Å². The first-order chi connectivity index (χ1) is 9.22. The van der Waals surface area contributed by atoms with E-state index in [0.29, 0.717) is 19.4 Å². The van der Waals surface area contributed by atoms with E-state index in [-0.39, 0.29) is 18.5 Å². The Morgan fingerprint density at radius 2 is 2.21 bits per heavy atom. The standard InChI is InChI=1S/C13H23NO3S2/c1-2-13(16)17-9-8-14-12(15)6-4-3-5-11-7-10-18-19-11/h11H,2-10H2,1H3,(H,14,15). The van der Waals surface area contributed by atoms with Gasteiger partial charge in [-0.05, 0) is 19.3 Å². The zero-order valence-electron chi connectivity index (χ0n) is 11.5. The second-order valence-electron chi connectivity index (χ2n) is 4.50. The minimum absolute atomic E-state index is 0.0565. The molecule has 0 aromatic carbocycles. The molecule has 0 spiro atoms. The zero-order valence-corrected chi connectivity index (χ0v) is 13.1. The Labute approximate surface area is 123 Å². The Hall–Kier alpha value is -0.360. The molecule has 1 saturated heterocycles. The molecule has 1 rings (SSSR count). The number of hydrogen-bond acceptors (Lipinski definition) is 5. The summed E-state index contributed by atoms with van der Waals surface area (Å²) in [5.74, 6) is 1.11. The quantitative estimate of drug-likeness (QED) is 0.403. The molecular weight excluding hydrogens is 282 g/mol. The van der Waals surface area contributed by atoms with E-state index in [2.05, 4.69) is 5.32 Å². The molecule has 1 amide bonds. The van der Waals surface area contributed by atoms with Gasteiger partial charge in [0.25, 0.3) is 0 Å². The zero-order chi connectivity index (χ0) is 13.9. The van der Waals surface area contributed by atoms with E-state index in [1.165, 1.54) is 18.6 Å². The fourth-order valence-corrected chi connectivity index (χ4v) is 4.80. The number of esters is 1. The van der Waals surface area contributed by atoms with Crippen molar-refractivity contribution in [3.05, 3.63) is 0 Å². The van der Waals surface area contributed by atoms with Gasteiger partial charge >= 0.3 is 5.97 Å². The van der Waals surface area contributed by atoms with Gasteiger partial charge in [0.05, 0.1) is 6.54 Å². The van der Waals surface area contributed by atoms with Crippen LogP contribution in [0.25, 0.3) is 0 Å². The minimum Gasteiger partial charge on any atom is -0.464 e. The molecule has 1 heterocycles. The Morgan fingerprint density at radius 3 is 2.89 bits per heavy atom. The fraction of sp³-hybridized carbons (Fsp3) is 0.846. The molecule has 1 unspecified atom stereocenters. The van der Waals surface area contributed by atoms with Crippen LogP contribution in [0.2, 0.25) is 0 Å². The maximum Gasteiger partial charge on any atom is 0.305 e. The van der Waals surface area contributed by atoms with Crippen molar-refractivity contribution in [2.24, 2.45) is 0 Å². The number of amides is 1. The molecular formula is C13H23NO3S2. The molecule has 1 aliphatic rings. The highest BCUT2D eigenvalue weighted by atomic mass is 33.1. The van der Waals surface area contributed by atoms with Gasteiger partial charge in [-0.2, -0.15) is 0 Å². The summed E-state index contributed by atoms with van der Waals surface area (Å²) < 4.78 is 4.88. The Bertz CT molecular complexity index is 281. The predicted octanol–water partition coefficient (Wildman–Crippen LogP) is 2.77. The van der Waals surface area contributed by atoms with Crippen molar-refractivity contribution in [1.29, 1.82) is 0 Å². The summed E-state index contributed by atoms with van der Waals surface area (Å²) in [6.07, 6.45) is 5.56. The van der Waals surface area contributed by atoms with Crippen LogP contribution >= 0.6 is 21.6 Å². The summed E-state index contributed by atoms with van der Waals surface area (Å²) in [4.78, 5) is 22.3. The summed E-state index contributed by atoms with van der Waals surface area (Å²) in [7, 11) is 3.95. The molecule has 0 aromatic rings. The van der Waals surface area contributed by atoms with Gasteiger partial charge in [-0.15, -0.1) is 0 Å². The number of ether oxygens (including phenoxy) is 1. The van der Waals surface area contributed by atoms with Gasteiger partial charge in [-0.25, -0.2) is 0 Å². The van der Waals surface area contributed by atoms with Crippen molar-refractivity contribution in [3.8, 4) is 0 Å². The maximum atomic E-state index is 11.5. The number of rotatable bonds is 9.